The monoisotopic (exact) mass is 352 g/mol. The molecule has 0 spiro atoms. The second-order valence-electron chi connectivity index (χ2n) is 3.96. The van der Waals surface area contributed by atoms with E-state index in [9.17, 15) is 48.7 Å². The number of carboxylic acid groups (broad SMARTS) is 1. The summed E-state index contributed by atoms with van der Waals surface area (Å²) in [7, 11) is 0. The second kappa shape index (κ2) is 5.28. The van der Waals surface area contributed by atoms with Crippen LogP contribution in [0, 0.1) is 0 Å². The van der Waals surface area contributed by atoms with E-state index in [0.717, 1.165) is 0 Å². The molecule has 130 valence electrons. The molecule has 1 N–H and O–H groups in total. The van der Waals surface area contributed by atoms with E-state index in [1.165, 1.54) is 0 Å². The number of ether oxygens (including phenoxy) is 1. The Balaban J connectivity index is 5.78. The van der Waals surface area contributed by atoms with Crippen LogP contribution in [-0.2, 0) is 9.53 Å². The van der Waals surface area contributed by atoms with Crippen LogP contribution < -0.4 is 0 Å². The number of hydrogen-bond acceptors (Lipinski definition) is 2. The average Bonchev–Trinajstić information content (AvgIpc) is 2.24. The second-order valence-corrected chi connectivity index (χ2v) is 3.96. The molecule has 0 aromatic rings. The normalized spacial score (nSPS) is 14.9. The summed E-state index contributed by atoms with van der Waals surface area (Å²) in [6.45, 7) is 1.20. The summed E-state index contributed by atoms with van der Waals surface area (Å²) in [6, 6.07) is 0. The van der Waals surface area contributed by atoms with Crippen molar-refractivity contribution in [3.63, 3.8) is 0 Å². The van der Waals surface area contributed by atoms with E-state index in [2.05, 4.69) is 0 Å². The van der Waals surface area contributed by atoms with E-state index in [4.69, 9.17) is 5.11 Å². The summed E-state index contributed by atoms with van der Waals surface area (Å²) in [5.41, 5.74) is -2.78. The van der Waals surface area contributed by atoms with E-state index < -0.39 is 48.5 Å². The fraction of sp³-hybridized carbons (Fsp3) is 0.667. The SMILES string of the molecule is C=C(C(=O)O)C(F)(F)C(F)(F)C(F)(F)OC(F)(F)C(C)(F)F. The molecule has 3 nitrogen and oxygen atoms in total. The Labute approximate surface area is 115 Å². The summed E-state index contributed by atoms with van der Waals surface area (Å²) >= 11 is 0. The molecule has 0 atom stereocenters. The fourth-order valence-electron chi connectivity index (χ4n) is 0.821. The van der Waals surface area contributed by atoms with Gasteiger partial charge in [0.05, 0.1) is 0 Å². The van der Waals surface area contributed by atoms with Crippen LogP contribution in [0.25, 0.3) is 0 Å². The van der Waals surface area contributed by atoms with Crippen molar-refractivity contribution in [1.29, 1.82) is 0 Å². The maximum atomic E-state index is 13.0. The lowest BCUT2D eigenvalue weighted by atomic mass is 10.0. The molecule has 0 aliphatic heterocycles. The molecule has 0 aromatic heterocycles. The van der Waals surface area contributed by atoms with Crippen molar-refractivity contribution < 1.29 is 58.5 Å². The zero-order valence-corrected chi connectivity index (χ0v) is 10.3. The first-order valence-corrected chi connectivity index (χ1v) is 4.83. The molecule has 0 saturated heterocycles. The Morgan fingerprint density at radius 3 is 1.55 bits per heavy atom. The fourth-order valence-corrected chi connectivity index (χ4v) is 0.821. The van der Waals surface area contributed by atoms with E-state index in [1.54, 1.807) is 0 Å². The van der Waals surface area contributed by atoms with Crippen LogP contribution in [0.5, 0.6) is 0 Å². The van der Waals surface area contributed by atoms with Crippen LogP contribution in [0.1, 0.15) is 6.92 Å². The first-order valence-electron chi connectivity index (χ1n) is 4.83. The van der Waals surface area contributed by atoms with Gasteiger partial charge in [-0.15, -0.1) is 0 Å². The Morgan fingerprint density at radius 1 is 0.909 bits per heavy atom. The first-order chi connectivity index (χ1) is 9.31. The highest BCUT2D eigenvalue weighted by Gasteiger charge is 2.78. The maximum Gasteiger partial charge on any atom is 0.430 e. The number of halogens is 10. The van der Waals surface area contributed by atoms with E-state index in [0.29, 0.717) is 0 Å². The minimum Gasteiger partial charge on any atom is -0.478 e. The van der Waals surface area contributed by atoms with Crippen molar-refractivity contribution >= 4 is 5.97 Å². The molecule has 0 amide bonds. The average molecular weight is 352 g/mol. The molecule has 0 aromatic carbocycles. The lowest BCUT2D eigenvalue weighted by molar-refractivity contribution is -0.481. The van der Waals surface area contributed by atoms with Gasteiger partial charge in [0, 0.05) is 6.92 Å². The topological polar surface area (TPSA) is 46.5 Å². The van der Waals surface area contributed by atoms with Crippen LogP contribution in [-0.4, -0.2) is 41.1 Å². The summed E-state index contributed by atoms with van der Waals surface area (Å²) in [5, 5.41) is 8.04. The molecule has 0 aliphatic rings. The molecule has 0 saturated carbocycles. The minimum absolute atomic E-state index is 0.699. The molecule has 0 aliphatic carbocycles. The molecular formula is C9H6F10O3. The molecule has 13 heteroatoms. The highest BCUT2D eigenvalue weighted by molar-refractivity contribution is 5.88. The highest BCUT2D eigenvalue weighted by atomic mass is 19.4. The molecular weight excluding hydrogens is 346 g/mol. The van der Waals surface area contributed by atoms with Crippen molar-refractivity contribution in [2.24, 2.45) is 0 Å². The predicted molar refractivity (Wildman–Crippen MR) is 48.3 cm³/mol. The van der Waals surface area contributed by atoms with E-state index in [-0.39, 0.29) is 0 Å². The largest absolute Gasteiger partial charge is 0.478 e. The smallest absolute Gasteiger partial charge is 0.430 e. The summed E-state index contributed by atoms with van der Waals surface area (Å²) < 4.78 is 129. The van der Waals surface area contributed by atoms with Gasteiger partial charge in [-0.1, -0.05) is 6.58 Å². The Morgan fingerprint density at radius 2 is 1.27 bits per heavy atom. The molecule has 0 rings (SSSR count). The van der Waals surface area contributed by atoms with Gasteiger partial charge in [0.2, 0.25) is 0 Å². The van der Waals surface area contributed by atoms with Crippen molar-refractivity contribution in [2.75, 3.05) is 0 Å². The van der Waals surface area contributed by atoms with Gasteiger partial charge < -0.3 is 5.11 Å². The molecule has 0 fully saturated rings. The number of carbonyl (C=O) groups is 1. The Kier molecular flexibility index (Phi) is 4.91. The molecule has 0 heterocycles. The summed E-state index contributed by atoms with van der Waals surface area (Å²) in [6.07, 6.45) is -13.1. The van der Waals surface area contributed by atoms with Gasteiger partial charge >= 0.3 is 36.0 Å². The number of alkyl halides is 10. The number of rotatable bonds is 7. The van der Waals surface area contributed by atoms with Crippen LogP contribution in [0.15, 0.2) is 12.2 Å². The zero-order chi connectivity index (χ0) is 18.4. The van der Waals surface area contributed by atoms with Crippen molar-refractivity contribution in [2.45, 2.75) is 36.9 Å². The number of aliphatic carboxylic acids is 1. The third-order valence-corrected chi connectivity index (χ3v) is 2.16. The van der Waals surface area contributed by atoms with Gasteiger partial charge in [-0.3, -0.25) is 0 Å². The maximum absolute atomic E-state index is 13.0. The Hall–Kier alpha value is -1.53. The van der Waals surface area contributed by atoms with Crippen LogP contribution in [0.3, 0.4) is 0 Å². The zero-order valence-electron chi connectivity index (χ0n) is 10.3. The standard InChI is InChI=1S/C9H6F10O3/c1-3(4(20)21)6(12,13)7(14,15)9(18,19)22-8(16,17)5(2,10)11/h1H2,2H3,(H,20,21). The summed E-state index contributed by atoms with van der Waals surface area (Å²) in [4.78, 5) is 10.1. The van der Waals surface area contributed by atoms with Crippen molar-refractivity contribution in [3.05, 3.63) is 12.2 Å². The lowest BCUT2D eigenvalue weighted by Crippen LogP contribution is -2.60. The molecule has 22 heavy (non-hydrogen) atoms. The van der Waals surface area contributed by atoms with Gasteiger partial charge in [0.1, 0.15) is 5.57 Å². The van der Waals surface area contributed by atoms with Gasteiger partial charge in [0.15, 0.2) is 0 Å². The van der Waals surface area contributed by atoms with Crippen LogP contribution in [0.4, 0.5) is 43.9 Å². The van der Waals surface area contributed by atoms with Gasteiger partial charge in [-0.05, 0) is 0 Å². The van der Waals surface area contributed by atoms with Crippen molar-refractivity contribution in [3.8, 4) is 0 Å². The molecule has 0 unspecified atom stereocenters. The third-order valence-electron chi connectivity index (χ3n) is 2.16. The van der Waals surface area contributed by atoms with E-state index >= 15 is 0 Å². The van der Waals surface area contributed by atoms with Crippen molar-refractivity contribution in [1.82, 2.24) is 0 Å². The molecule has 0 bridgehead atoms. The van der Waals surface area contributed by atoms with Gasteiger partial charge in [0.25, 0.3) is 0 Å². The van der Waals surface area contributed by atoms with Crippen LogP contribution in [0.2, 0.25) is 0 Å². The highest BCUT2D eigenvalue weighted by Crippen LogP contribution is 2.52. The summed E-state index contributed by atoms with van der Waals surface area (Å²) in [5.74, 6) is -21.5. The third kappa shape index (κ3) is 3.28. The van der Waals surface area contributed by atoms with Crippen LogP contribution >= 0.6 is 0 Å². The molecule has 0 radical (unpaired) electrons. The quantitative estimate of drug-likeness (QED) is 0.561. The Bertz CT molecular complexity index is 465. The van der Waals surface area contributed by atoms with Gasteiger partial charge in [-0.25, -0.2) is 9.53 Å². The minimum atomic E-state index is -6.91. The first kappa shape index (κ1) is 20.5. The number of hydrogen-bond donors (Lipinski definition) is 1. The van der Waals surface area contributed by atoms with Gasteiger partial charge in [-0.2, -0.15) is 43.9 Å². The van der Waals surface area contributed by atoms with E-state index in [1.807, 2.05) is 11.3 Å². The number of carboxylic acids is 1. The predicted octanol–water partition coefficient (Wildman–Crippen LogP) is 3.76. The lowest BCUT2D eigenvalue weighted by Gasteiger charge is -2.35.